The molecule has 0 atom stereocenters. The van der Waals surface area contributed by atoms with Crippen LogP contribution >= 0.6 is 11.6 Å². The first-order valence-electron chi connectivity index (χ1n) is 5.75. The van der Waals surface area contributed by atoms with Gasteiger partial charge in [-0.15, -0.1) is 11.6 Å². The zero-order valence-corrected chi connectivity index (χ0v) is 10.7. The number of alkyl halides is 1. The molecular weight excluding hydrogens is 239 g/mol. The summed E-state index contributed by atoms with van der Waals surface area (Å²) in [5.41, 5.74) is 0.753. The van der Waals surface area contributed by atoms with Gasteiger partial charge < -0.3 is 4.74 Å². The lowest BCUT2D eigenvalue weighted by atomic mass is 10.2. The second-order valence-electron chi connectivity index (χ2n) is 3.59. The van der Waals surface area contributed by atoms with Gasteiger partial charge in [0.25, 0.3) is 0 Å². The zero-order valence-electron chi connectivity index (χ0n) is 9.93. The molecule has 0 aliphatic carbocycles. The van der Waals surface area contributed by atoms with E-state index in [2.05, 4.69) is 18.8 Å². The van der Waals surface area contributed by atoms with Crippen LogP contribution in [0.25, 0.3) is 0 Å². The maximum Gasteiger partial charge on any atom is 0.165 e. The quantitative estimate of drug-likeness (QED) is 0.439. The lowest BCUT2D eigenvalue weighted by Crippen LogP contribution is -1.98. The Balaban J connectivity index is 2.69. The molecule has 3 heteroatoms. The predicted molar refractivity (Wildman–Crippen MR) is 69.0 cm³/mol. The summed E-state index contributed by atoms with van der Waals surface area (Å²) in [5, 5.41) is 0. The first-order chi connectivity index (χ1) is 8.27. The SMILES string of the molecule is CCCCOc1cc(C#CCCCl)ccc1F. The van der Waals surface area contributed by atoms with Crippen LogP contribution in [0.4, 0.5) is 4.39 Å². The average molecular weight is 255 g/mol. The van der Waals surface area contributed by atoms with E-state index in [-0.39, 0.29) is 11.6 Å². The first kappa shape index (κ1) is 13.9. The van der Waals surface area contributed by atoms with Gasteiger partial charge in [0.1, 0.15) is 0 Å². The van der Waals surface area contributed by atoms with Gasteiger partial charge in [0, 0.05) is 17.9 Å². The van der Waals surface area contributed by atoms with Crippen LogP contribution in [0.3, 0.4) is 0 Å². The van der Waals surface area contributed by atoms with Gasteiger partial charge in [-0.25, -0.2) is 4.39 Å². The minimum atomic E-state index is -0.344. The molecule has 0 bridgehead atoms. The highest BCUT2D eigenvalue weighted by Gasteiger charge is 2.03. The van der Waals surface area contributed by atoms with Crippen molar-refractivity contribution in [2.75, 3.05) is 12.5 Å². The molecule has 0 aromatic heterocycles. The van der Waals surface area contributed by atoms with E-state index in [1.54, 1.807) is 12.1 Å². The zero-order chi connectivity index (χ0) is 12.5. The Hall–Kier alpha value is -1.20. The number of ether oxygens (including phenoxy) is 1. The number of benzene rings is 1. The van der Waals surface area contributed by atoms with Crippen molar-refractivity contribution in [1.82, 2.24) is 0 Å². The lowest BCUT2D eigenvalue weighted by molar-refractivity contribution is 0.294. The second kappa shape index (κ2) is 7.97. The van der Waals surface area contributed by atoms with Gasteiger partial charge >= 0.3 is 0 Å². The Kier molecular flexibility index (Phi) is 6.50. The predicted octanol–water partition coefficient (Wildman–Crippen LogP) is 3.99. The third kappa shape index (κ3) is 5.10. The van der Waals surface area contributed by atoms with Crippen LogP contribution in [0.5, 0.6) is 5.75 Å². The number of halogens is 2. The molecule has 1 aromatic rings. The molecule has 0 amide bonds. The highest BCUT2D eigenvalue weighted by molar-refractivity contribution is 6.18. The minimum absolute atomic E-state index is 0.274. The smallest absolute Gasteiger partial charge is 0.165 e. The fourth-order valence-corrected chi connectivity index (χ4v) is 1.32. The standard InChI is InChI=1S/C14H16ClFO/c1-2-3-10-17-14-11-12(6-4-5-9-15)7-8-13(14)16/h7-8,11H,2-3,5,9-10H2,1H3. The van der Waals surface area contributed by atoms with E-state index in [1.165, 1.54) is 6.07 Å². The van der Waals surface area contributed by atoms with Crippen molar-refractivity contribution < 1.29 is 9.13 Å². The van der Waals surface area contributed by atoms with E-state index < -0.39 is 0 Å². The molecule has 17 heavy (non-hydrogen) atoms. The van der Waals surface area contributed by atoms with E-state index in [0.717, 1.165) is 18.4 Å². The summed E-state index contributed by atoms with van der Waals surface area (Å²) >= 11 is 5.52. The molecule has 0 fully saturated rings. The average Bonchev–Trinajstić information content (AvgIpc) is 2.33. The van der Waals surface area contributed by atoms with Crippen molar-refractivity contribution in [1.29, 1.82) is 0 Å². The molecule has 1 aromatic carbocycles. The Bertz CT molecular complexity index is 406. The van der Waals surface area contributed by atoms with E-state index in [4.69, 9.17) is 16.3 Å². The molecule has 1 rings (SSSR count). The van der Waals surface area contributed by atoms with Gasteiger partial charge in [0.05, 0.1) is 6.61 Å². The summed E-state index contributed by atoms with van der Waals surface area (Å²) in [4.78, 5) is 0. The van der Waals surface area contributed by atoms with Gasteiger partial charge in [-0.05, 0) is 24.6 Å². The van der Waals surface area contributed by atoms with Gasteiger partial charge in [0.15, 0.2) is 11.6 Å². The van der Waals surface area contributed by atoms with Crippen LogP contribution in [0, 0.1) is 17.7 Å². The summed E-state index contributed by atoms with van der Waals surface area (Å²) in [6, 6.07) is 4.65. The van der Waals surface area contributed by atoms with Crippen LogP contribution < -0.4 is 4.74 Å². The highest BCUT2D eigenvalue weighted by Crippen LogP contribution is 2.18. The molecule has 0 N–H and O–H groups in total. The van der Waals surface area contributed by atoms with Crippen LogP contribution in [0.15, 0.2) is 18.2 Å². The molecule has 0 radical (unpaired) electrons. The van der Waals surface area contributed by atoms with Crippen molar-refractivity contribution >= 4 is 11.6 Å². The molecule has 0 aliphatic heterocycles. The molecule has 0 heterocycles. The van der Waals surface area contributed by atoms with E-state index in [1.807, 2.05) is 0 Å². The van der Waals surface area contributed by atoms with Crippen LogP contribution in [-0.4, -0.2) is 12.5 Å². The molecular formula is C14H16ClFO. The molecule has 0 saturated carbocycles. The first-order valence-corrected chi connectivity index (χ1v) is 6.28. The topological polar surface area (TPSA) is 9.23 Å². The highest BCUT2D eigenvalue weighted by atomic mass is 35.5. The van der Waals surface area contributed by atoms with E-state index in [9.17, 15) is 4.39 Å². The third-order valence-corrected chi connectivity index (χ3v) is 2.33. The van der Waals surface area contributed by atoms with Crippen molar-refractivity contribution in [3.8, 4) is 17.6 Å². The second-order valence-corrected chi connectivity index (χ2v) is 3.97. The molecule has 0 unspecified atom stereocenters. The monoisotopic (exact) mass is 254 g/mol. The summed E-state index contributed by atoms with van der Waals surface area (Å²) in [6.45, 7) is 2.60. The van der Waals surface area contributed by atoms with Crippen molar-refractivity contribution in [3.05, 3.63) is 29.6 Å². The Morgan fingerprint density at radius 3 is 2.94 bits per heavy atom. The number of hydrogen-bond donors (Lipinski definition) is 0. The maximum absolute atomic E-state index is 13.4. The van der Waals surface area contributed by atoms with E-state index in [0.29, 0.717) is 18.9 Å². The summed E-state index contributed by atoms with van der Waals surface area (Å²) < 4.78 is 18.7. The van der Waals surface area contributed by atoms with Crippen molar-refractivity contribution in [2.24, 2.45) is 0 Å². The Labute approximate surface area is 107 Å². The van der Waals surface area contributed by atoms with Gasteiger partial charge in [-0.1, -0.05) is 25.2 Å². The number of rotatable bonds is 5. The Morgan fingerprint density at radius 2 is 2.24 bits per heavy atom. The summed E-state index contributed by atoms with van der Waals surface area (Å²) in [5.74, 6) is 6.27. The molecule has 0 spiro atoms. The molecule has 1 nitrogen and oxygen atoms in total. The fraction of sp³-hybridized carbons (Fsp3) is 0.429. The third-order valence-electron chi connectivity index (χ3n) is 2.14. The summed E-state index contributed by atoms with van der Waals surface area (Å²) in [7, 11) is 0. The van der Waals surface area contributed by atoms with Gasteiger partial charge in [-0.3, -0.25) is 0 Å². The lowest BCUT2D eigenvalue weighted by Gasteiger charge is -2.06. The van der Waals surface area contributed by atoms with Gasteiger partial charge in [0.2, 0.25) is 0 Å². The van der Waals surface area contributed by atoms with E-state index >= 15 is 0 Å². The van der Waals surface area contributed by atoms with Crippen molar-refractivity contribution in [2.45, 2.75) is 26.2 Å². The largest absolute Gasteiger partial charge is 0.490 e. The van der Waals surface area contributed by atoms with Gasteiger partial charge in [-0.2, -0.15) is 0 Å². The molecule has 92 valence electrons. The summed E-state index contributed by atoms with van der Waals surface area (Å²) in [6.07, 6.45) is 2.57. The van der Waals surface area contributed by atoms with Crippen molar-refractivity contribution in [3.63, 3.8) is 0 Å². The fourth-order valence-electron chi connectivity index (χ4n) is 1.23. The van der Waals surface area contributed by atoms with Crippen LogP contribution in [0.1, 0.15) is 31.7 Å². The molecule has 0 aliphatic rings. The maximum atomic E-state index is 13.4. The molecule has 0 saturated heterocycles. The van der Waals surface area contributed by atoms with Crippen LogP contribution in [-0.2, 0) is 0 Å². The minimum Gasteiger partial charge on any atom is -0.490 e. The Morgan fingerprint density at radius 1 is 1.41 bits per heavy atom. The number of unbranched alkanes of at least 4 members (excludes halogenated alkanes) is 1. The number of hydrogen-bond acceptors (Lipinski definition) is 1. The van der Waals surface area contributed by atoms with Crippen LogP contribution in [0.2, 0.25) is 0 Å². The normalized spacial score (nSPS) is 9.59.